The molecule has 2 N–H and O–H groups in total. The van der Waals surface area contributed by atoms with Gasteiger partial charge in [-0.2, -0.15) is 10.6 Å². The number of nitrogens with zero attached hydrogens (tertiary/aromatic N) is 1. The maximum atomic E-state index is 9.55. The molecular weight excluding hydrogens is 210 g/mol. The maximum absolute atomic E-state index is 9.55. The van der Waals surface area contributed by atoms with Gasteiger partial charge in [-0.3, -0.25) is 9.11 Å². The van der Waals surface area contributed by atoms with Crippen LogP contribution in [0.1, 0.15) is 32.6 Å². The van der Waals surface area contributed by atoms with Crippen LogP contribution in [0.15, 0.2) is 0 Å². The van der Waals surface area contributed by atoms with Gasteiger partial charge in [-0.05, 0) is 44.7 Å². The van der Waals surface area contributed by atoms with Crippen LogP contribution in [0, 0.1) is 5.92 Å². The van der Waals surface area contributed by atoms with Crippen molar-refractivity contribution in [2.24, 2.45) is 5.92 Å². The van der Waals surface area contributed by atoms with E-state index < -0.39 is 10.6 Å². The molecule has 15 heavy (non-hydrogen) atoms. The van der Waals surface area contributed by atoms with Crippen LogP contribution in [0.25, 0.3) is 0 Å². The summed E-state index contributed by atoms with van der Waals surface area (Å²) in [5.41, 5.74) is 0. The number of piperidine rings is 1. The van der Waals surface area contributed by atoms with Crippen molar-refractivity contribution >= 4 is 10.6 Å². The molecular formula is C11H23NO2S. The average molecular weight is 233 g/mol. The summed E-state index contributed by atoms with van der Waals surface area (Å²) < 4.78 is 19.1. The van der Waals surface area contributed by atoms with E-state index in [4.69, 9.17) is 0 Å². The van der Waals surface area contributed by atoms with Crippen LogP contribution in [0.3, 0.4) is 0 Å². The zero-order chi connectivity index (χ0) is 10.9. The first kappa shape index (κ1) is 11.7. The van der Waals surface area contributed by atoms with Crippen molar-refractivity contribution in [2.45, 2.75) is 38.6 Å². The van der Waals surface area contributed by atoms with Gasteiger partial charge in [0.15, 0.2) is 0 Å². The molecule has 0 aromatic carbocycles. The maximum Gasteiger partial charge on any atom is 0.0389 e. The number of hydrogen-bond acceptors (Lipinski definition) is 3. The quantitative estimate of drug-likeness (QED) is 0.731. The summed E-state index contributed by atoms with van der Waals surface area (Å²) in [6.07, 6.45) is 4.59. The Kier molecular flexibility index (Phi) is 3.60. The van der Waals surface area contributed by atoms with E-state index in [0.717, 1.165) is 18.8 Å². The fraction of sp³-hybridized carbons (Fsp3) is 1.00. The Hall–Kier alpha value is 0.230. The van der Waals surface area contributed by atoms with E-state index >= 15 is 0 Å². The zero-order valence-corrected chi connectivity index (χ0v) is 10.4. The fourth-order valence-corrected chi connectivity index (χ4v) is 4.16. The Morgan fingerprint density at radius 1 is 1.00 bits per heavy atom. The van der Waals surface area contributed by atoms with Crippen molar-refractivity contribution in [1.82, 2.24) is 4.90 Å². The molecule has 2 aliphatic heterocycles. The van der Waals surface area contributed by atoms with E-state index in [9.17, 15) is 9.11 Å². The molecule has 0 atom stereocenters. The molecule has 4 heteroatoms. The van der Waals surface area contributed by atoms with Crippen molar-refractivity contribution in [1.29, 1.82) is 0 Å². The average Bonchev–Trinajstić information content (AvgIpc) is 2.20. The molecule has 0 aromatic rings. The molecule has 2 aliphatic rings. The minimum Gasteiger partial charge on any atom is -0.300 e. The minimum absolute atomic E-state index is 0.623. The summed E-state index contributed by atoms with van der Waals surface area (Å²) in [5, 5.41) is 0. The van der Waals surface area contributed by atoms with Crippen molar-refractivity contribution in [3.05, 3.63) is 0 Å². The van der Waals surface area contributed by atoms with Crippen LogP contribution in [0.4, 0.5) is 0 Å². The first-order valence-corrected chi connectivity index (χ1v) is 7.93. The lowest BCUT2D eigenvalue weighted by molar-refractivity contribution is 0.128. The van der Waals surface area contributed by atoms with Gasteiger partial charge in [-0.1, -0.05) is 6.92 Å². The highest BCUT2D eigenvalue weighted by Gasteiger charge is 2.29. The molecule has 0 unspecified atom stereocenters. The molecule has 90 valence electrons. The predicted molar refractivity (Wildman–Crippen MR) is 65.6 cm³/mol. The van der Waals surface area contributed by atoms with E-state index in [1.165, 1.54) is 25.9 Å². The Balaban J connectivity index is 1.80. The fourth-order valence-electron chi connectivity index (χ4n) is 2.65. The molecule has 2 fully saturated rings. The second-order valence-corrected chi connectivity index (χ2v) is 7.58. The van der Waals surface area contributed by atoms with Crippen LogP contribution < -0.4 is 0 Å². The molecule has 3 nitrogen and oxygen atoms in total. The van der Waals surface area contributed by atoms with Gasteiger partial charge in [0.2, 0.25) is 0 Å². The lowest BCUT2D eigenvalue weighted by Crippen LogP contribution is -2.44. The Morgan fingerprint density at radius 3 is 2.07 bits per heavy atom. The van der Waals surface area contributed by atoms with Gasteiger partial charge in [0.05, 0.1) is 0 Å². The van der Waals surface area contributed by atoms with E-state index in [-0.39, 0.29) is 0 Å². The van der Waals surface area contributed by atoms with E-state index in [1.807, 2.05) is 0 Å². The smallest absolute Gasteiger partial charge is 0.0389 e. The van der Waals surface area contributed by atoms with Crippen molar-refractivity contribution in [3.63, 3.8) is 0 Å². The molecule has 2 rings (SSSR count). The molecule has 0 aromatic heterocycles. The van der Waals surface area contributed by atoms with Crippen LogP contribution >= 0.6 is 10.6 Å². The van der Waals surface area contributed by atoms with Gasteiger partial charge >= 0.3 is 0 Å². The summed E-state index contributed by atoms with van der Waals surface area (Å²) in [5.74, 6) is 2.14. The second-order valence-electron chi connectivity index (χ2n) is 5.16. The molecule has 0 bridgehead atoms. The van der Waals surface area contributed by atoms with E-state index in [2.05, 4.69) is 11.8 Å². The van der Waals surface area contributed by atoms with Crippen LogP contribution in [-0.4, -0.2) is 44.6 Å². The summed E-state index contributed by atoms with van der Waals surface area (Å²) in [4.78, 5) is 2.56. The molecule has 0 aliphatic carbocycles. The highest BCUT2D eigenvalue weighted by Crippen LogP contribution is 2.45. The highest BCUT2D eigenvalue weighted by atomic mass is 32.3. The highest BCUT2D eigenvalue weighted by molar-refractivity contribution is 8.24. The predicted octanol–water partition coefficient (Wildman–Crippen LogP) is 2.63. The SMILES string of the molecule is CC1CCN(C2CCS(O)(O)CC2)CC1. The Bertz CT molecular complexity index is 205. The van der Waals surface area contributed by atoms with Gasteiger partial charge in [0.1, 0.15) is 0 Å². The standard InChI is InChI=1S/C11H23NO2S/c1-10-2-6-12(7-3-10)11-4-8-15(13,14)9-5-11/h10-11,13-14H,2-9H2,1H3. The normalized spacial score (nSPS) is 32.7. The van der Waals surface area contributed by atoms with Crippen LogP contribution in [0.5, 0.6) is 0 Å². The Labute approximate surface area is 94.2 Å². The van der Waals surface area contributed by atoms with Crippen molar-refractivity contribution in [2.75, 3.05) is 24.6 Å². The molecule has 0 amide bonds. The van der Waals surface area contributed by atoms with Crippen LogP contribution in [0.2, 0.25) is 0 Å². The largest absolute Gasteiger partial charge is 0.300 e. The van der Waals surface area contributed by atoms with Crippen LogP contribution in [-0.2, 0) is 0 Å². The number of hydrogen-bond donors (Lipinski definition) is 2. The summed E-state index contributed by atoms with van der Waals surface area (Å²) >= 11 is 0. The third-order valence-corrected chi connectivity index (χ3v) is 5.67. The number of rotatable bonds is 1. The molecule has 0 spiro atoms. The monoisotopic (exact) mass is 233 g/mol. The van der Waals surface area contributed by atoms with E-state index in [1.54, 1.807) is 0 Å². The summed E-state index contributed by atoms with van der Waals surface area (Å²) in [6.45, 7) is 4.75. The lowest BCUT2D eigenvalue weighted by Gasteiger charge is -2.44. The summed E-state index contributed by atoms with van der Waals surface area (Å²) in [7, 11) is -2.19. The first-order chi connectivity index (χ1) is 7.07. The third-order valence-electron chi connectivity index (χ3n) is 3.89. The molecule has 0 radical (unpaired) electrons. The van der Waals surface area contributed by atoms with E-state index in [0.29, 0.717) is 17.5 Å². The van der Waals surface area contributed by atoms with Gasteiger partial charge in [-0.25, -0.2) is 0 Å². The lowest BCUT2D eigenvalue weighted by atomic mass is 9.96. The summed E-state index contributed by atoms with van der Waals surface area (Å²) in [6, 6.07) is 0.623. The number of likely N-dealkylation sites (tertiary alicyclic amines) is 1. The molecule has 2 heterocycles. The molecule has 0 saturated carbocycles. The van der Waals surface area contributed by atoms with Gasteiger partial charge in [-0.15, -0.1) is 0 Å². The van der Waals surface area contributed by atoms with Crippen molar-refractivity contribution < 1.29 is 9.11 Å². The van der Waals surface area contributed by atoms with Gasteiger partial charge in [0, 0.05) is 17.5 Å². The van der Waals surface area contributed by atoms with Gasteiger partial charge < -0.3 is 4.90 Å². The van der Waals surface area contributed by atoms with Crippen molar-refractivity contribution in [3.8, 4) is 0 Å². The first-order valence-electron chi connectivity index (χ1n) is 6.04. The zero-order valence-electron chi connectivity index (χ0n) is 9.56. The van der Waals surface area contributed by atoms with Gasteiger partial charge in [0.25, 0.3) is 0 Å². The Morgan fingerprint density at radius 2 is 1.53 bits per heavy atom. The topological polar surface area (TPSA) is 43.7 Å². The minimum atomic E-state index is -2.19. The molecule has 2 saturated heterocycles. The third kappa shape index (κ3) is 3.09. The second kappa shape index (κ2) is 4.62.